The second-order valence-corrected chi connectivity index (χ2v) is 5.75. The molecule has 0 aromatic carbocycles. The quantitative estimate of drug-likeness (QED) is 0.840. The van der Waals surface area contributed by atoms with Crippen molar-refractivity contribution in [2.45, 2.75) is 25.7 Å². The topological polar surface area (TPSA) is 66.3 Å². The number of nitrogens with zero attached hydrogens (tertiary/aromatic N) is 5. The van der Waals surface area contributed by atoms with Crippen molar-refractivity contribution >= 4 is 5.91 Å². The first-order valence-corrected chi connectivity index (χ1v) is 7.65. The molecular formula is C13H19F3N6O. The number of carbonyl (C=O) groups excluding carboxylic acids is 1. The van der Waals surface area contributed by atoms with Crippen LogP contribution in [0.1, 0.15) is 18.1 Å². The summed E-state index contributed by atoms with van der Waals surface area (Å²) in [5, 5.41) is 10.1. The Bertz CT molecular complexity index is 567. The van der Waals surface area contributed by atoms with Gasteiger partial charge < -0.3 is 14.8 Å². The number of fused-ring (bicyclic) bond motifs is 1. The third kappa shape index (κ3) is 3.63. The van der Waals surface area contributed by atoms with Crippen molar-refractivity contribution < 1.29 is 18.0 Å². The Morgan fingerprint density at radius 2 is 1.87 bits per heavy atom. The normalized spacial score (nSPS) is 19.7. The van der Waals surface area contributed by atoms with Gasteiger partial charge in [0, 0.05) is 52.2 Å². The summed E-state index contributed by atoms with van der Waals surface area (Å²) < 4.78 is 39.4. The van der Waals surface area contributed by atoms with E-state index in [1.54, 1.807) is 0 Å². The molecule has 0 aliphatic carbocycles. The van der Waals surface area contributed by atoms with Gasteiger partial charge in [0.2, 0.25) is 11.7 Å². The van der Waals surface area contributed by atoms with Gasteiger partial charge in [-0.05, 0) is 0 Å². The lowest BCUT2D eigenvalue weighted by Crippen LogP contribution is -2.47. The summed E-state index contributed by atoms with van der Waals surface area (Å²) in [6.45, 7) is 4.50. The van der Waals surface area contributed by atoms with Crippen LogP contribution in [0.15, 0.2) is 0 Å². The molecule has 0 bridgehead atoms. The minimum absolute atomic E-state index is 0.0921. The second-order valence-electron chi connectivity index (χ2n) is 5.75. The molecule has 23 heavy (non-hydrogen) atoms. The number of nitrogens with one attached hydrogen (secondary N) is 1. The van der Waals surface area contributed by atoms with Gasteiger partial charge >= 0.3 is 6.18 Å². The van der Waals surface area contributed by atoms with E-state index in [4.69, 9.17) is 0 Å². The van der Waals surface area contributed by atoms with Crippen molar-refractivity contribution in [3.63, 3.8) is 0 Å². The summed E-state index contributed by atoms with van der Waals surface area (Å²) in [7, 11) is 0. The molecule has 1 aromatic rings. The van der Waals surface area contributed by atoms with Crippen molar-refractivity contribution in [1.29, 1.82) is 0 Å². The molecule has 1 fully saturated rings. The first kappa shape index (κ1) is 16.2. The summed E-state index contributed by atoms with van der Waals surface area (Å²) in [4.78, 5) is 15.9. The first-order chi connectivity index (χ1) is 10.9. The van der Waals surface area contributed by atoms with Crippen molar-refractivity contribution in [1.82, 2.24) is 29.9 Å². The largest absolute Gasteiger partial charge is 0.451 e. The highest BCUT2D eigenvalue weighted by atomic mass is 19.4. The number of hydrogen-bond acceptors (Lipinski definition) is 5. The van der Waals surface area contributed by atoms with E-state index in [1.807, 2.05) is 9.80 Å². The zero-order valence-corrected chi connectivity index (χ0v) is 12.6. The molecule has 0 atom stereocenters. The Morgan fingerprint density at radius 1 is 1.13 bits per heavy atom. The van der Waals surface area contributed by atoms with Gasteiger partial charge in [-0.1, -0.05) is 0 Å². The van der Waals surface area contributed by atoms with Crippen LogP contribution in [-0.4, -0.2) is 69.7 Å². The Morgan fingerprint density at radius 3 is 2.57 bits per heavy atom. The lowest BCUT2D eigenvalue weighted by atomic mass is 10.2. The maximum Gasteiger partial charge on any atom is 0.451 e. The number of hydrogen-bond donors (Lipinski definition) is 1. The van der Waals surface area contributed by atoms with Gasteiger partial charge in [-0.25, -0.2) is 0 Å². The molecular weight excluding hydrogens is 313 g/mol. The molecule has 0 saturated carbocycles. The first-order valence-electron chi connectivity index (χ1n) is 7.65. The Labute approximate surface area is 131 Å². The van der Waals surface area contributed by atoms with Gasteiger partial charge in [0.1, 0.15) is 5.82 Å². The van der Waals surface area contributed by atoms with Crippen molar-refractivity contribution in [3.05, 3.63) is 11.6 Å². The third-order valence-corrected chi connectivity index (χ3v) is 4.20. The average Bonchev–Trinajstić information content (AvgIpc) is 2.96. The number of rotatable bonds is 3. The van der Waals surface area contributed by atoms with Crippen LogP contribution in [0, 0.1) is 0 Å². The SMILES string of the molecule is O=C(CCN1CCn2c(nnc2C(F)(F)F)C1)N1CCNCC1. The van der Waals surface area contributed by atoms with Crippen LogP contribution in [0.2, 0.25) is 0 Å². The minimum Gasteiger partial charge on any atom is -0.340 e. The molecule has 0 unspecified atom stereocenters. The van der Waals surface area contributed by atoms with Crippen LogP contribution in [0.4, 0.5) is 13.2 Å². The van der Waals surface area contributed by atoms with Gasteiger partial charge in [0.15, 0.2) is 0 Å². The van der Waals surface area contributed by atoms with Crippen LogP contribution in [-0.2, 0) is 24.1 Å². The van der Waals surface area contributed by atoms with Gasteiger partial charge in [0.25, 0.3) is 0 Å². The molecule has 1 saturated heterocycles. The fraction of sp³-hybridized carbons (Fsp3) is 0.769. The molecule has 3 heterocycles. The predicted molar refractivity (Wildman–Crippen MR) is 74.4 cm³/mol. The van der Waals surface area contributed by atoms with E-state index < -0.39 is 12.0 Å². The molecule has 3 rings (SSSR count). The highest BCUT2D eigenvalue weighted by Gasteiger charge is 2.39. The summed E-state index contributed by atoms with van der Waals surface area (Å²) in [5.74, 6) is -0.545. The summed E-state index contributed by atoms with van der Waals surface area (Å²) >= 11 is 0. The van der Waals surface area contributed by atoms with Crippen LogP contribution in [0.5, 0.6) is 0 Å². The van der Waals surface area contributed by atoms with E-state index in [2.05, 4.69) is 15.5 Å². The standard InChI is InChI=1S/C13H19F3N6O/c14-13(15,16)12-19-18-10-9-20(7-8-22(10)12)4-1-11(23)21-5-2-17-3-6-21/h17H,1-9H2. The zero-order valence-electron chi connectivity index (χ0n) is 12.6. The average molecular weight is 332 g/mol. The smallest absolute Gasteiger partial charge is 0.340 e. The lowest BCUT2D eigenvalue weighted by Gasteiger charge is -2.30. The number of halogens is 3. The van der Waals surface area contributed by atoms with Crippen molar-refractivity contribution in [3.8, 4) is 0 Å². The van der Waals surface area contributed by atoms with E-state index >= 15 is 0 Å². The molecule has 128 valence electrons. The molecule has 10 heteroatoms. The van der Waals surface area contributed by atoms with Crippen molar-refractivity contribution in [2.75, 3.05) is 39.3 Å². The Kier molecular flexibility index (Phi) is 4.53. The predicted octanol–water partition coefficient (Wildman–Crippen LogP) is -0.0656. The number of carbonyl (C=O) groups is 1. The number of amides is 1. The van der Waals surface area contributed by atoms with Crippen molar-refractivity contribution in [2.24, 2.45) is 0 Å². The third-order valence-electron chi connectivity index (χ3n) is 4.20. The maximum atomic E-state index is 12.8. The molecule has 2 aliphatic heterocycles. The fourth-order valence-corrected chi connectivity index (χ4v) is 2.93. The molecule has 1 amide bonds. The molecule has 1 N–H and O–H groups in total. The van der Waals surface area contributed by atoms with Gasteiger partial charge in [-0.15, -0.1) is 10.2 Å². The van der Waals surface area contributed by atoms with E-state index in [0.29, 0.717) is 38.4 Å². The Hall–Kier alpha value is -1.68. The molecule has 0 spiro atoms. The van der Waals surface area contributed by atoms with Gasteiger partial charge in [0.05, 0.1) is 6.54 Å². The maximum absolute atomic E-state index is 12.8. The monoisotopic (exact) mass is 332 g/mol. The van der Waals surface area contributed by atoms with Crippen LogP contribution in [0.25, 0.3) is 0 Å². The second kappa shape index (κ2) is 6.44. The summed E-state index contributed by atoms with van der Waals surface area (Å²) in [5.41, 5.74) is 0. The molecule has 1 aromatic heterocycles. The fourth-order valence-electron chi connectivity index (χ4n) is 2.93. The molecule has 2 aliphatic rings. The van der Waals surface area contributed by atoms with Crippen LogP contribution >= 0.6 is 0 Å². The van der Waals surface area contributed by atoms with E-state index in [1.165, 1.54) is 0 Å². The van der Waals surface area contributed by atoms with E-state index in [-0.39, 0.29) is 19.0 Å². The van der Waals surface area contributed by atoms with Gasteiger partial charge in [-0.3, -0.25) is 9.69 Å². The summed E-state index contributed by atoms with van der Waals surface area (Å²) in [6.07, 6.45) is -4.11. The number of aromatic nitrogens is 3. The minimum atomic E-state index is -4.48. The zero-order chi connectivity index (χ0) is 16.4. The van der Waals surface area contributed by atoms with Crippen LogP contribution < -0.4 is 5.32 Å². The van der Waals surface area contributed by atoms with Gasteiger partial charge in [-0.2, -0.15) is 13.2 Å². The van der Waals surface area contributed by atoms with E-state index in [9.17, 15) is 18.0 Å². The van der Waals surface area contributed by atoms with E-state index in [0.717, 1.165) is 17.7 Å². The lowest BCUT2D eigenvalue weighted by molar-refractivity contribution is -0.148. The highest BCUT2D eigenvalue weighted by Crippen LogP contribution is 2.29. The summed E-state index contributed by atoms with van der Waals surface area (Å²) in [6, 6.07) is 0. The van der Waals surface area contributed by atoms with Crippen LogP contribution in [0.3, 0.4) is 0 Å². The number of alkyl halides is 3. The molecule has 0 radical (unpaired) electrons. The molecule has 7 nitrogen and oxygen atoms in total. The highest BCUT2D eigenvalue weighted by molar-refractivity contribution is 5.76. The number of piperazine rings is 1. The Balaban J connectivity index is 1.54.